The summed E-state index contributed by atoms with van der Waals surface area (Å²) in [4.78, 5) is 46.5. The summed E-state index contributed by atoms with van der Waals surface area (Å²) in [6, 6.07) is 11.2. The van der Waals surface area contributed by atoms with Crippen molar-refractivity contribution in [2.45, 2.75) is 26.8 Å². The molecule has 2 aromatic heterocycles. The van der Waals surface area contributed by atoms with Gasteiger partial charge >= 0.3 is 5.97 Å². The molecule has 0 fully saturated rings. The van der Waals surface area contributed by atoms with Crippen LogP contribution in [0.1, 0.15) is 56.9 Å². The third kappa shape index (κ3) is 4.57. The van der Waals surface area contributed by atoms with Crippen LogP contribution in [-0.2, 0) is 4.74 Å². The van der Waals surface area contributed by atoms with Gasteiger partial charge in [-0.3, -0.25) is 14.5 Å². The predicted octanol–water partition coefficient (Wildman–Crippen LogP) is 5.45. The average molecular weight is 547 g/mol. The number of amides is 1. The van der Waals surface area contributed by atoms with Gasteiger partial charge in [0, 0.05) is 0 Å². The first-order chi connectivity index (χ1) is 18.9. The van der Waals surface area contributed by atoms with Crippen molar-refractivity contribution >= 4 is 39.3 Å². The number of thiazole rings is 1. The number of benzene rings is 2. The van der Waals surface area contributed by atoms with Gasteiger partial charge in [-0.2, -0.15) is 0 Å². The maximum absolute atomic E-state index is 13.9. The summed E-state index contributed by atoms with van der Waals surface area (Å²) in [6.07, 6.45) is 1.47. The maximum Gasteiger partial charge on any atom is 0.350 e. The van der Waals surface area contributed by atoms with Crippen LogP contribution in [0.2, 0.25) is 0 Å². The molecule has 0 N–H and O–H groups in total. The van der Waals surface area contributed by atoms with Crippen molar-refractivity contribution in [1.29, 1.82) is 0 Å². The number of hydrogen-bond acceptors (Lipinski definition) is 9. The second-order valence-electron chi connectivity index (χ2n) is 8.62. The molecule has 1 amide bonds. The highest BCUT2D eigenvalue weighted by Gasteiger charge is 2.45. The monoisotopic (exact) mass is 546 g/mol. The van der Waals surface area contributed by atoms with Crippen LogP contribution in [0.15, 0.2) is 64.3 Å². The molecule has 0 aliphatic carbocycles. The SMILES string of the molecule is C=CCOC(=O)c1sc(N2C(=O)c3oc4ccccc4c(=O)c3C2c2ccc(OCC)c(OCC)c2)nc1C. The minimum Gasteiger partial charge on any atom is -0.490 e. The Morgan fingerprint density at radius 3 is 2.62 bits per heavy atom. The molecule has 0 saturated heterocycles. The van der Waals surface area contributed by atoms with Gasteiger partial charge in [0.05, 0.1) is 35.9 Å². The number of para-hydroxylation sites is 1. The second-order valence-corrected chi connectivity index (χ2v) is 9.60. The Morgan fingerprint density at radius 2 is 1.87 bits per heavy atom. The van der Waals surface area contributed by atoms with E-state index in [4.69, 9.17) is 18.6 Å². The number of rotatable bonds is 9. The first-order valence-corrected chi connectivity index (χ1v) is 13.2. The van der Waals surface area contributed by atoms with Crippen molar-refractivity contribution in [3.05, 3.63) is 92.8 Å². The number of esters is 1. The van der Waals surface area contributed by atoms with Gasteiger partial charge in [0.1, 0.15) is 17.1 Å². The van der Waals surface area contributed by atoms with E-state index in [1.807, 2.05) is 13.8 Å². The maximum atomic E-state index is 13.9. The van der Waals surface area contributed by atoms with Crippen LogP contribution >= 0.6 is 11.3 Å². The normalized spacial score (nSPS) is 14.4. The molecule has 39 heavy (non-hydrogen) atoms. The van der Waals surface area contributed by atoms with E-state index >= 15 is 0 Å². The van der Waals surface area contributed by atoms with E-state index in [9.17, 15) is 14.4 Å². The van der Waals surface area contributed by atoms with E-state index in [2.05, 4.69) is 11.6 Å². The Hall–Kier alpha value is -4.44. The van der Waals surface area contributed by atoms with E-state index in [1.54, 1.807) is 49.4 Å². The first kappa shape index (κ1) is 26.2. The number of carbonyl (C=O) groups excluding carboxylic acids is 2. The molecular weight excluding hydrogens is 520 g/mol. The van der Waals surface area contributed by atoms with Crippen molar-refractivity contribution in [3.8, 4) is 11.5 Å². The third-order valence-electron chi connectivity index (χ3n) is 6.17. The van der Waals surface area contributed by atoms with Crippen LogP contribution in [-0.4, -0.2) is 36.7 Å². The molecule has 0 saturated carbocycles. The molecular formula is C29H26N2O7S. The van der Waals surface area contributed by atoms with Crippen LogP contribution in [0.5, 0.6) is 11.5 Å². The fourth-order valence-electron chi connectivity index (χ4n) is 4.54. The summed E-state index contributed by atoms with van der Waals surface area (Å²) in [5.41, 5.74) is 1.17. The number of aryl methyl sites for hydroxylation is 1. The van der Waals surface area contributed by atoms with Crippen LogP contribution in [0.3, 0.4) is 0 Å². The molecule has 1 atom stereocenters. The zero-order chi connectivity index (χ0) is 27.7. The minimum absolute atomic E-state index is 0.0413. The van der Waals surface area contributed by atoms with Gasteiger partial charge < -0.3 is 18.6 Å². The fraction of sp³-hybridized carbons (Fsp3) is 0.241. The van der Waals surface area contributed by atoms with Crippen molar-refractivity contribution in [2.24, 2.45) is 0 Å². The quantitative estimate of drug-likeness (QED) is 0.202. The van der Waals surface area contributed by atoms with Crippen molar-refractivity contribution in [1.82, 2.24) is 4.98 Å². The van der Waals surface area contributed by atoms with E-state index in [-0.39, 0.29) is 33.4 Å². The Balaban J connectivity index is 1.72. The van der Waals surface area contributed by atoms with Crippen molar-refractivity contribution in [3.63, 3.8) is 0 Å². The zero-order valence-electron chi connectivity index (χ0n) is 21.7. The highest BCUT2D eigenvalue weighted by Crippen LogP contribution is 2.44. The standard InChI is InChI=1S/C29H26N2O7S/c1-5-14-37-28(34)26-16(4)30-29(39-26)31-23(17-12-13-20(35-6-2)21(15-17)36-7-3)22-24(32)18-10-8-9-11-19(18)38-25(22)27(31)33/h5,8-13,15,23H,1,6-7,14H2,2-4H3. The van der Waals surface area contributed by atoms with Gasteiger partial charge in [-0.05, 0) is 50.6 Å². The summed E-state index contributed by atoms with van der Waals surface area (Å²) < 4.78 is 22.7. The fourth-order valence-corrected chi connectivity index (χ4v) is 5.53. The third-order valence-corrected chi connectivity index (χ3v) is 7.31. The molecule has 9 nitrogen and oxygen atoms in total. The van der Waals surface area contributed by atoms with Crippen LogP contribution in [0.25, 0.3) is 11.0 Å². The van der Waals surface area contributed by atoms with Gasteiger partial charge in [0.25, 0.3) is 5.91 Å². The highest BCUT2D eigenvalue weighted by molar-refractivity contribution is 7.17. The van der Waals surface area contributed by atoms with Gasteiger partial charge in [-0.15, -0.1) is 0 Å². The topological polar surface area (TPSA) is 108 Å². The average Bonchev–Trinajstić information content (AvgIpc) is 3.46. The summed E-state index contributed by atoms with van der Waals surface area (Å²) >= 11 is 1.01. The molecule has 1 unspecified atom stereocenters. The summed E-state index contributed by atoms with van der Waals surface area (Å²) in [7, 11) is 0. The molecule has 2 aromatic carbocycles. The molecule has 10 heteroatoms. The molecule has 200 valence electrons. The minimum atomic E-state index is -0.883. The summed E-state index contributed by atoms with van der Waals surface area (Å²) in [5, 5.41) is 0.589. The lowest BCUT2D eigenvalue weighted by Crippen LogP contribution is -2.29. The van der Waals surface area contributed by atoms with Crippen LogP contribution in [0.4, 0.5) is 5.13 Å². The molecule has 3 heterocycles. The molecule has 1 aliphatic heterocycles. The number of hydrogen-bond donors (Lipinski definition) is 0. The number of aromatic nitrogens is 1. The Labute approximate surface area is 228 Å². The Morgan fingerprint density at radius 1 is 1.13 bits per heavy atom. The molecule has 1 aliphatic rings. The lowest BCUT2D eigenvalue weighted by Gasteiger charge is -2.23. The highest BCUT2D eigenvalue weighted by atomic mass is 32.1. The van der Waals surface area contributed by atoms with Crippen LogP contribution < -0.4 is 19.8 Å². The number of fused-ring (bicyclic) bond motifs is 2. The molecule has 4 aromatic rings. The Kier molecular flexibility index (Phi) is 7.21. The Bertz CT molecular complexity index is 1660. The lowest BCUT2D eigenvalue weighted by molar-refractivity contribution is 0.0554. The van der Waals surface area contributed by atoms with E-state index in [0.717, 1.165) is 11.3 Å². The summed E-state index contributed by atoms with van der Waals surface area (Å²) in [6.45, 7) is 9.82. The largest absolute Gasteiger partial charge is 0.490 e. The van der Waals surface area contributed by atoms with Crippen LogP contribution in [0, 0.1) is 6.92 Å². The molecule has 0 spiro atoms. The van der Waals surface area contributed by atoms with Gasteiger partial charge in [0.2, 0.25) is 5.76 Å². The van der Waals surface area contributed by atoms with E-state index < -0.39 is 17.9 Å². The number of carbonyl (C=O) groups is 2. The number of nitrogens with zero attached hydrogens (tertiary/aromatic N) is 2. The van der Waals surface area contributed by atoms with Crippen molar-refractivity contribution in [2.75, 3.05) is 24.7 Å². The first-order valence-electron chi connectivity index (χ1n) is 12.4. The predicted molar refractivity (Wildman–Crippen MR) is 147 cm³/mol. The smallest absolute Gasteiger partial charge is 0.350 e. The zero-order valence-corrected chi connectivity index (χ0v) is 22.5. The van der Waals surface area contributed by atoms with E-state index in [1.165, 1.54) is 11.0 Å². The summed E-state index contributed by atoms with van der Waals surface area (Å²) in [5.74, 6) is -0.158. The number of ether oxygens (including phenoxy) is 3. The molecule has 0 bridgehead atoms. The van der Waals surface area contributed by atoms with Crippen molar-refractivity contribution < 1.29 is 28.2 Å². The number of anilines is 1. The van der Waals surface area contributed by atoms with Gasteiger partial charge in [0.15, 0.2) is 22.1 Å². The molecule has 0 radical (unpaired) electrons. The second kappa shape index (κ2) is 10.7. The lowest BCUT2D eigenvalue weighted by atomic mass is 9.98. The van der Waals surface area contributed by atoms with Gasteiger partial charge in [-0.25, -0.2) is 9.78 Å². The van der Waals surface area contributed by atoms with E-state index in [0.29, 0.717) is 46.9 Å². The molecule has 5 rings (SSSR count). The van der Waals surface area contributed by atoms with Gasteiger partial charge in [-0.1, -0.05) is 42.2 Å².